The molecule has 0 amide bonds. The van der Waals surface area contributed by atoms with Crippen molar-refractivity contribution in [1.82, 2.24) is 0 Å². The predicted octanol–water partition coefficient (Wildman–Crippen LogP) is 3.10. The van der Waals surface area contributed by atoms with Crippen molar-refractivity contribution >= 4 is 17.3 Å². The number of hydrogen-bond donors (Lipinski definition) is 1. The Morgan fingerprint density at radius 2 is 1.90 bits per heavy atom. The van der Waals surface area contributed by atoms with E-state index in [9.17, 15) is 14.7 Å². The number of aliphatic carboxylic acids is 1. The fourth-order valence-corrected chi connectivity index (χ4v) is 2.89. The van der Waals surface area contributed by atoms with E-state index in [4.69, 9.17) is 0 Å². The fourth-order valence-electron chi connectivity index (χ4n) is 2.89. The Morgan fingerprint density at radius 3 is 2.60 bits per heavy atom. The van der Waals surface area contributed by atoms with Gasteiger partial charge in [0.25, 0.3) is 0 Å². The molecule has 3 rings (SSSR count). The van der Waals surface area contributed by atoms with E-state index < -0.39 is 11.9 Å². The summed E-state index contributed by atoms with van der Waals surface area (Å²) in [5, 5.41) is 9.35. The van der Waals surface area contributed by atoms with Crippen LogP contribution in [0.5, 0.6) is 0 Å². The standard InChI is InChI=1S/C17H14O3/c1-10(17(19)20)15-11-6-2-4-8-13(11)16(18)14-9-5-3-7-12(14)15/h2-10,13H,1H3,(H,19,20). The van der Waals surface area contributed by atoms with E-state index in [1.54, 1.807) is 13.0 Å². The maximum absolute atomic E-state index is 12.5. The van der Waals surface area contributed by atoms with E-state index in [1.807, 2.05) is 42.5 Å². The van der Waals surface area contributed by atoms with Gasteiger partial charge in [0.2, 0.25) is 0 Å². The Balaban J connectivity index is 2.30. The van der Waals surface area contributed by atoms with Crippen molar-refractivity contribution in [3.8, 4) is 0 Å². The summed E-state index contributed by atoms with van der Waals surface area (Å²) in [7, 11) is 0. The number of allylic oxidation sites excluding steroid dienone is 5. The first-order valence-corrected chi connectivity index (χ1v) is 6.56. The van der Waals surface area contributed by atoms with Gasteiger partial charge in [-0.05, 0) is 23.6 Å². The van der Waals surface area contributed by atoms with Crippen LogP contribution in [0.2, 0.25) is 0 Å². The van der Waals surface area contributed by atoms with Crippen LogP contribution in [0.1, 0.15) is 22.8 Å². The summed E-state index contributed by atoms with van der Waals surface area (Å²) in [6, 6.07) is 7.25. The molecular formula is C17H14O3. The Kier molecular flexibility index (Phi) is 2.90. The van der Waals surface area contributed by atoms with Crippen LogP contribution in [-0.2, 0) is 4.79 Å². The zero-order chi connectivity index (χ0) is 14.3. The molecule has 0 radical (unpaired) electrons. The third kappa shape index (κ3) is 1.74. The molecule has 2 unspecified atom stereocenters. The second-order valence-electron chi connectivity index (χ2n) is 5.06. The van der Waals surface area contributed by atoms with Crippen LogP contribution >= 0.6 is 0 Å². The topological polar surface area (TPSA) is 54.4 Å². The summed E-state index contributed by atoms with van der Waals surface area (Å²) < 4.78 is 0. The third-order valence-corrected chi connectivity index (χ3v) is 3.91. The number of carboxylic acids is 1. The van der Waals surface area contributed by atoms with Gasteiger partial charge in [-0.15, -0.1) is 0 Å². The molecular weight excluding hydrogens is 252 g/mol. The van der Waals surface area contributed by atoms with Gasteiger partial charge in [-0.3, -0.25) is 9.59 Å². The van der Waals surface area contributed by atoms with Gasteiger partial charge >= 0.3 is 5.97 Å². The lowest BCUT2D eigenvalue weighted by atomic mass is 9.73. The van der Waals surface area contributed by atoms with Gasteiger partial charge < -0.3 is 5.11 Å². The van der Waals surface area contributed by atoms with Gasteiger partial charge in [-0.25, -0.2) is 0 Å². The molecule has 0 saturated heterocycles. The maximum Gasteiger partial charge on any atom is 0.310 e. The van der Waals surface area contributed by atoms with Crippen LogP contribution in [0.15, 0.2) is 54.1 Å². The number of ketones is 1. The van der Waals surface area contributed by atoms with Crippen molar-refractivity contribution in [3.63, 3.8) is 0 Å². The first-order valence-electron chi connectivity index (χ1n) is 6.56. The molecule has 1 N–H and O–H groups in total. The Bertz CT molecular complexity index is 692. The van der Waals surface area contributed by atoms with Gasteiger partial charge in [0.1, 0.15) is 0 Å². The van der Waals surface area contributed by atoms with Crippen LogP contribution in [0.25, 0.3) is 5.57 Å². The van der Waals surface area contributed by atoms with E-state index in [2.05, 4.69) is 0 Å². The highest BCUT2D eigenvalue weighted by Gasteiger charge is 2.35. The van der Waals surface area contributed by atoms with Crippen molar-refractivity contribution in [2.45, 2.75) is 6.92 Å². The summed E-state index contributed by atoms with van der Waals surface area (Å²) in [4.78, 5) is 23.9. The van der Waals surface area contributed by atoms with Crippen molar-refractivity contribution in [1.29, 1.82) is 0 Å². The molecule has 20 heavy (non-hydrogen) atoms. The van der Waals surface area contributed by atoms with Crippen molar-refractivity contribution in [3.05, 3.63) is 65.3 Å². The number of benzene rings is 1. The predicted molar refractivity (Wildman–Crippen MR) is 76.3 cm³/mol. The van der Waals surface area contributed by atoms with E-state index in [-0.39, 0.29) is 11.7 Å². The number of carbonyl (C=O) groups is 2. The molecule has 1 aromatic rings. The van der Waals surface area contributed by atoms with Crippen molar-refractivity contribution in [2.24, 2.45) is 11.8 Å². The van der Waals surface area contributed by atoms with E-state index in [0.29, 0.717) is 5.56 Å². The zero-order valence-electron chi connectivity index (χ0n) is 11.0. The molecule has 100 valence electrons. The smallest absolute Gasteiger partial charge is 0.310 e. The van der Waals surface area contributed by atoms with Gasteiger partial charge in [-0.2, -0.15) is 0 Å². The van der Waals surface area contributed by atoms with Gasteiger partial charge in [0, 0.05) is 5.56 Å². The molecule has 2 atom stereocenters. The molecule has 0 fully saturated rings. The molecule has 0 aromatic heterocycles. The Hall–Kier alpha value is -2.42. The zero-order valence-corrected chi connectivity index (χ0v) is 11.0. The lowest BCUT2D eigenvalue weighted by Crippen LogP contribution is -2.26. The molecule has 0 saturated carbocycles. The summed E-state index contributed by atoms with van der Waals surface area (Å²) in [5.74, 6) is -1.83. The van der Waals surface area contributed by atoms with Crippen LogP contribution in [0, 0.1) is 11.8 Å². The Labute approximate surface area is 116 Å². The molecule has 1 aromatic carbocycles. The first kappa shape index (κ1) is 12.6. The average molecular weight is 266 g/mol. The van der Waals surface area contributed by atoms with E-state index in [1.165, 1.54) is 0 Å². The molecule has 2 aliphatic rings. The minimum atomic E-state index is -0.877. The highest BCUT2D eigenvalue weighted by atomic mass is 16.4. The Morgan fingerprint density at radius 1 is 1.20 bits per heavy atom. The number of rotatable bonds is 2. The number of carboxylic acid groups (broad SMARTS) is 1. The SMILES string of the molecule is CC(C(=O)O)C1=C2C=CC=CC2C(=O)c2ccccc21. The number of carbonyl (C=O) groups excluding carboxylic acids is 1. The lowest BCUT2D eigenvalue weighted by Gasteiger charge is -2.29. The molecule has 2 aliphatic carbocycles. The molecule has 0 spiro atoms. The largest absolute Gasteiger partial charge is 0.481 e. The summed E-state index contributed by atoms with van der Waals surface area (Å²) in [6.07, 6.45) is 7.38. The highest BCUT2D eigenvalue weighted by Crippen LogP contribution is 2.41. The normalized spacial score (nSPS) is 21.4. The number of Topliss-reactive ketones (excluding diaryl/α,β-unsaturated/α-hetero) is 1. The number of hydrogen-bond acceptors (Lipinski definition) is 2. The van der Waals surface area contributed by atoms with Gasteiger partial charge in [0.15, 0.2) is 5.78 Å². The highest BCUT2D eigenvalue weighted by molar-refractivity contribution is 6.11. The summed E-state index contributed by atoms with van der Waals surface area (Å²) >= 11 is 0. The van der Waals surface area contributed by atoms with Crippen molar-refractivity contribution in [2.75, 3.05) is 0 Å². The lowest BCUT2D eigenvalue weighted by molar-refractivity contribution is -0.139. The van der Waals surface area contributed by atoms with Crippen molar-refractivity contribution < 1.29 is 14.7 Å². The quantitative estimate of drug-likeness (QED) is 0.894. The molecule has 0 bridgehead atoms. The van der Waals surface area contributed by atoms with Crippen LogP contribution in [-0.4, -0.2) is 16.9 Å². The molecule has 3 nitrogen and oxygen atoms in total. The number of fused-ring (bicyclic) bond motifs is 2. The molecule has 0 aliphatic heterocycles. The van der Waals surface area contributed by atoms with Gasteiger partial charge in [0.05, 0.1) is 11.8 Å². The fraction of sp³-hybridized carbons (Fsp3) is 0.176. The van der Waals surface area contributed by atoms with Gasteiger partial charge in [-0.1, -0.05) is 48.6 Å². The second kappa shape index (κ2) is 4.60. The first-order chi connectivity index (χ1) is 9.61. The third-order valence-electron chi connectivity index (χ3n) is 3.91. The van der Waals surface area contributed by atoms with E-state index >= 15 is 0 Å². The monoisotopic (exact) mass is 266 g/mol. The second-order valence-corrected chi connectivity index (χ2v) is 5.06. The van der Waals surface area contributed by atoms with E-state index in [0.717, 1.165) is 16.7 Å². The minimum Gasteiger partial charge on any atom is -0.481 e. The van der Waals surface area contributed by atoms with Crippen LogP contribution in [0.4, 0.5) is 0 Å². The summed E-state index contributed by atoms with van der Waals surface area (Å²) in [5.41, 5.74) is 2.92. The summed E-state index contributed by atoms with van der Waals surface area (Å²) in [6.45, 7) is 1.67. The molecule has 0 heterocycles. The van der Waals surface area contributed by atoms with Crippen LogP contribution in [0.3, 0.4) is 0 Å². The molecule has 3 heteroatoms. The average Bonchev–Trinajstić information content (AvgIpc) is 2.47. The minimum absolute atomic E-state index is 0.0394. The maximum atomic E-state index is 12.5. The van der Waals surface area contributed by atoms with Crippen LogP contribution < -0.4 is 0 Å².